The number of nitrogens with zero attached hydrogens (tertiary/aromatic N) is 2. The van der Waals surface area contributed by atoms with Crippen molar-refractivity contribution in [1.82, 2.24) is 4.98 Å². The molecule has 0 aliphatic heterocycles. The Morgan fingerprint density at radius 1 is 1.14 bits per heavy atom. The molecule has 0 unspecified atom stereocenters. The predicted octanol–water partition coefficient (Wildman–Crippen LogP) is 3.94. The molecule has 1 aromatic carbocycles. The second kappa shape index (κ2) is 5.95. The molecule has 0 saturated carbocycles. The molecule has 110 valence electrons. The van der Waals surface area contributed by atoms with E-state index in [-0.39, 0.29) is 11.6 Å². The van der Waals surface area contributed by atoms with Gasteiger partial charge in [0.05, 0.1) is 5.56 Å². The highest BCUT2D eigenvalue weighted by molar-refractivity contribution is 5.87. The summed E-state index contributed by atoms with van der Waals surface area (Å²) in [5.41, 5.74) is 3.65. The van der Waals surface area contributed by atoms with Gasteiger partial charge < -0.3 is 10.0 Å². The molecule has 1 heterocycles. The van der Waals surface area contributed by atoms with Crippen molar-refractivity contribution in [2.45, 2.75) is 33.7 Å². The van der Waals surface area contributed by atoms with Crippen molar-refractivity contribution < 1.29 is 9.90 Å². The largest absolute Gasteiger partial charge is 0.478 e. The Balaban J connectivity index is 2.45. The number of aryl methyl sites for hydroxylation is 2. The summed E-state index contributed by atoms with van der Waals surface area (Å²) < 4.78 is 0. The Labute approximate surface area is 125 Å². The number of pyridine rings is 1. The highest BCUT2D eigenvalue weighted by Gasteiger charge is 2.15. The molecule has 4 nitrogen and oxygen atoms in total. The number of rotatable bonds is 4. The first-order valence-electron chi connectivity index (χ1n) is 6.95. The minimum atomic E-state index is -0.962. The van der Waals surface area contributed by atoms with E-state index in [1.165, 1.54) is 17.3 Å². The molecule has 0 fully saturated rings. The molecule has 4 heteroatoms. The summed E-state index contributed by atoms with van der Waals surface area (Å²) in [6.07, 6.45) is 1.40. The molecule has 0 amide bonds. The standard InChI is InChI=1S/C17H20N2O2/c1-11(2)19(15-8-12(3)7-13(4)9-15)16-6-5-14(10-18-16)17(20)21/h5-11H,1-4H3,(H,20,21). The molecule has 1 aromatic heterocycles. The summed E-state index contributed by atoms with van der Waals surface area (Å²) >= 11 is 0. The number of benzene rings is 1. The third-order valence-corrected chi connectivity index (χ3v) is 3.24. The summed E-state index contributed by atoms with van der Waals surface area (Å²) in [5.74, 6) is -0.212. The molecule has 0 saturated heterocycles. The molecular weight excluding hydrogens is 264 g/mol. The SMILES string of the molecule is Cc1cc(C)cc(N(c2ccc(C(=O)O)cn2)C(C)C)c1. The molecule has 1 N–H and O–H groups in total. The maximum absolute atomic E-state index is 10.9. The van der Waals surface area contributed by atoms with Crippen LogP contribution >= 0.6 is 0 Å². The molecule has 0 atom stereocenters. The van der Waals surface area contributed by atoms with Crippen LogP contribution in [0.2, 0.25) is 0 Å². The number of carboxylic acid groups (broad SMARTS) is 1. The Hall–Kier alpha value is -2.36. The van der Waals surface area contributed by atoms with Crippen molar-refractivity contribution in [2.75, 3.05) is 4.90 Å². The first-order valence-corrected chi connectivity index (χ1v) is 6.95. The van der Waals surface area contributed by atoms with Gasteiger partial charge in [-0.15, -0.1) is 0 Å². The van der Waals surface area contributed by atoms with E-state index in [0.717, 1.165) is 11.5 Å². The number of aromatic nitrogens is 1. The van der Waals surface area contributed by atoms with Crippen molar-refractivity contribution in [3.63, 3.8) is 0 Å². The molecule has 0 spiro atoms. The number of carbonyl (C=O) groups is 1. The fraction of sp³-hybridized carbons (Fsp3) is 0.294. The van der Waals surface area contributed by atoms with Crippen molar-refractivity contribution in [3.05, 3.63) is 53.2 Å². The lowest BCUT2D eigenvalue weighted by atomic mass is 10.1. The van der Waals surface area contributed by atoms with Crippen LogP contribution in [0.3, 0.4) is 0 Å². The highest BCUT2D eigenvalue weighted by atomic mass is 16.4. The van der Waals surface area contributed by atoms with Gasteiger partial charge in [-0.3, -0.25) is 0 Å². The van der Waals surface area contributed by atoms with Crippen LogP contribution in [0.1, 0.15) is 35.3 Å². The maximum atomic E-state index is 10.9. The molecule has 0 aliphatic carbocycles. The average Bonchev–Trinajstić information content (AvgIpc) is 2.37. The quantitative estimate of drug-likeness (QED) is 0.923. The maximum Gasteiger partial charge on any atom is 0.337 e. The summed E-state index contributed by atoms with van der Waals surface area (Å²) in [6, 6.07) is 9.90. The van der Waals surface area contributed by atoms with Crippen molar-refractivity contribution in [3.8, 4) is 0 Å². The summed E-state index contributed by atoms with van der Waals surface area (Å²) in [6.45, 7) is 8.31. The Morgan fingerprint density at radius 3 is 2.19 bits per heavy atom. The Morgan fingerprint density at radius 2 is 1.76 bits per heavy atom. The molecule has 2 rings (SSSR count). The fourth-order valence-electron chi connectivity index (χ4n) is 2.44. The zero-order chi connectivity index (χ0) is 15.6. The van der Waals surface area contributed by atoms with Gasteiger partial charge in [0.1, 0.15) is 5.82 Å². The van der Waals surface area contributed by atoms with E-state index >= 15 is 0 Å². The van der Waals surface area contributed by atoms with Crippen LogP contribution in [-0.4, -0.2) is 22.1 Å². The predicted molar refractivity (Wildman–Crippen MR) is 84.4 cm³/mol. The average molecular weight is 284 g/mol. The zero-order valence-corrected chi connectivity index (χ0v) is 12.8. The van der Waals surface area contributed by atoms with Crippen molar-refractivity contribution >= 4 is 17.5 Å². The van der Waals surface area contributed by atoms with Crippen LogP contribution in [0.25, 0.3) is 0 Å². The van der Waals surface area contributed by atoms with E-state index in [1.807, 2.05) is 0 Å². The van der Waals surface area contributed by atoms with Crippen molar-refractivity contribution in [1.29, 1.82) is 0 Å². The molecule has 0 aliphatic rings. The van der Waals surface area contributed by atoms with Crippen LogP contribution in [0, 0.1) is 13.8 Å². The van der Waals surface area contributed by atoms with Crippen LogP contribution in [0.15, 0.2) is 36.5 Å². The lowest BCUT2D eigenvalue weighted by Gasteiger charge is -2.28. The van der Waals surface area contributed by atoms with Gasteiger partial charge in [0.15, 0.2) is 0 Å². The summed E-state index contributed by atoms with van der Waals surface area (Å²) in [4.78, 5) is 17.3. The highest BCUT2D eigenvalue weighted by Crippen LogP contribution is 2.28. The number of hydrogen-bond donors (Lipinski definition) is 1. The topological polar surface area (TPSA) is 53.4 Å². The van der Waals surface area contributed by atoms with Gasteiger partial charge in [-0.2, -0.15) is 0 Å². The van der Waals surface area contributed by atoms with Gasteiger partial charge in [0.2, 0.25) is 0 Å². The lowest BCUT2D eigenvalue weighted by Crippen LogP contribution is -2.26. The third kappa shape index (κ3) is 3.40. The normalized spacial score (nSPS) is 10.7. The lowest BCUT2D eigenvalue weighted by molar-refractivity contribution is 0.0696. The van der Waals surface area contributed by atoms with Crippen LogP contribution in [-0.2, 0) is 0 Å². The summed E-state index contributed by atoms with van der Waals surface area (Å²) in [5, 5.41) is 8.96. The van der Waals surface area contributed by atoms with E-state index < -0.39 is 5.97 Å². The van der Waals surface area contributed by atoms with Gasteiger partial charge in [0, 0.05) is 17.9 Å². The number of hydrogen-bond acceptors (Lipinski definition) is 3. The van der Waals surface area contributed by atoms with Crippen LogP contribution in [0.4, 0.5) is 11.5 Å². The van der Waals surface area contributed by atoms with E-state index in [9.17, 15) is 4.79 Å². The molecule has 0 bridgehead atoms. The van der Waals surface area contributed by atoms with Crippen molar-refractivity contribution in [2.24, 2.45) is 0 Å². The Kier molecular flexibility index (Phi) is 4.26. The van der Waals surface area contributed by atoms with E-state index in [2.05, 4.69) is 55.8 Å². The second-order valence-corrected chi connectivity index (χ2v) is 5.52. The van der Waals surface area contributed by atoms with E-state index in [1.54, 1.807) is 12.1 Å². The molecule has 0 radical (unpaired) electrons. The third-order valence-electron chi connectivity index (χ3n) is 3.24. The van der Waals surface area contributed by atoms with Gasteiger partial charge >= 0.3 is 5.97 Å². The monoisotopic (exact) mass is 284 g/mol. The first-order chi connectivity index (χ1) is 9.88. The fourth-order valence-corrected chi connectivity index (χ4v) is 2.44. The van der Waals surface area contributed by atoms with Crippen LogP contribution in [0.5, 0.6) is 0 Å². The minimum Gasteiger partial charge on any atom is -0.478 e. The minimum absolute atomic E-state index is 0.197. The molecule has 21 heavy (non-hydrogen) atoms. The number of anilines is 2. The zero-order valence-electron chi connectivity index (χ0n) is 12.8. The first kappa shape index (κ1) is 15.0. The number of carboxylic acids is 1. The van der Waals surface area contributed by atoms with E-state index in [0.29, 0.717) is 0 Å². The summed E-state index contributed by atoms with van der Waals surface area (Å²) in [7, 11) is 0. The Bertz CT molecular complexity index is 628. The van der Waals surface area contributed by atoms with Crippen LogP contribution < -0.4 is 4.90 Å². The van der Waals surface area contributed by atoms with E-state index in [4.69, 9.17) is 5.11 Å². The van der Waals surface area contributed by atoms with Gasteiger partial charge in [-0.1, -0.05) is 6.07 Å². The number of aromatic carboxylic acids is 1. The molecular formula is C17H20N2O2. The van der Waals surface area contributed by atoms with Gasteiger partial charge in [0.25, 0.3) is 0 Å². The smallest absolute Gasteiger partial charge is 0.337 e. The molecule has 2 aromatic rings. The van der Waals surface area contributed by atoms with Gasteiger partial charge in [-0.25, -0.2) is 9.78 Å². The second-order valence-electron chi connectivity index (χ2n) is 5.52. The van der Waals surface area contributed by atoms with Gasteiger partial charge in [-0.05, 0) is 63.1 Å².